The van der Waals surface area contributed by atoms with Crippen LogP contribution in [0.2, 0.25) is 0 Å². The third kappa shape index (κ3) is 2.07. The molecule has 3 rings (SSSR count). The van der Waals surface area contributed by atoms with Crippen molar-refractivity contribution in [2.24, 2.45) is 5.92 Å². The van der Waals surface area contributed by atoms with E-state index in [9.17, 15) is 19.1 Å². The number of carboxylic acid groups (broad SMARTS) is 1. The first-order valence-electron chi connectivity index (χ1n) is 6.79. The summed E-state index contributed by atoms with van der Waals surface area (Å²) < 4.78 is 13.5. The zero-order valence-electron chi connectivity index (χ0n) is 11.2. The second-order valence-corrected chi connectivity index (χ2v) is 5.63. The molecule has 2 atom stereocenters. The Kier molecular flexibility index (Phi) is 3.00. The highest BCUT2D eigenvalue weighted by molar-refractivity contribution is 5.88. The van der Waals surface area contributed by atoms with E-state index in [1.54, 1.807) is 11.0 Å². The minimum atomic E-state index is -0.991. The van der Waals surface area contributed by atoms with Crippen molar-refractivity contribution in [1.82, 2.24) is 4.90 Å². The Labute approximate surface area is 116 Å². The van der Waals surface area contributed by atoms with E-state index in [1.165, 1.54) is 12.1 Å². The molecule has 1 aromatic rings. The van der Waals surface area contributed by atoms with Crippen LogP contribution in [0.25, 0.3) is 0 Å². The Balaban J connectivity index is 2.07. The van der Waals surface area contributed by atoms with Crippen LogP contribution in [0.5, 0.6) is 0 Å². The Hall–Kier alpha value is -1.91. The molecule has 0 spiro atoms. The van der Waals surface area contributed by atoms with Crippen LogP contribution in [-0.2, 0) is 9.59 Å². The Morgan fingerprint density at radius 2 is 2.10 bits per heavy atom. The second-order valence-electron chi connectivity index (χ2n) is 5.63. The molecule has 0 radical (unpaired) electrons. The number of aliphatic carboxylic acids is 1. The highest BCUT2D eigenvalue weighted by Crippen LogP contribution is 2.45. The van der Waals surface area contributed by atoms with Gasteiger partial charge in [-0.3, -0.25) is 9.59 Å². The van der Waals surface area contributed by atoms with Crippen molar-refractivity contribution in [1.29, 1.82) is 0 Å². The van der Waals surface area contributed by atoms with Crippen molar-refractivity contribution in [2.45, 2.75) is 38.3 Å². The number of carbonyl (C=O) groups is 2. The molecular weight excluding hydrogens is 261 g/mol. The molecule has 1 saturated heterocycles. The standard InChI is InChI=1S/C15H16FNO3/c1-8-2-3-9(16)6-11(8)14-12(15(19)20)7-13(18)17(14)10-4-5-10/h2-3,6,10,12,14H,4-5,7H2,1H3,(H,19,20). The number of carboxylic acids is 1. The van der Waals surface area contributed by atoms with Gasteiger partial charge < -0.3 is 10.0 Å². The van der Waals surface area contributed by atoms with Crippen molar-refractivity contribution in [3.05, 3.63) is 35.1 Å². The lowest BCUT2D eigenvalue weighted by Crippen LogP contribution is -2.33. The minimum Gasteiger partial charge on any atom is -0.481 e. The molecule has 20 heavy (non-hydrogen) atoms. The van der Waals surface area contributed by atoms with E-state index in [0.717, 1.165) is 18.4 Å². The highest BCUT2D eigenvalue weighted by Gasteiger charge is 2.50. The van der Waals surface area contributed by atoms with Crippen molar-refractivity contribution in [2.75, 3.05) is 0 Å². The van der Waals surface area contributed by atoms with Crippen molar-refractivity contribution in [3.63, 3.8) is 0 Å². The van der Waals surface area contributed by atoms with E-state index in [0.29, 0.717) is 5.56 Å². The molecule has 1 saturated carbocycles. The number of benzene rings is 1. The molecular formula is C15H16FNO3. The predicted molar refractivity (Wildman–Crippen MR) is 69.5 cm³/mol. The molecule has 2 aliphatic rings. The molecule has 0 aromatic heterocycles. The first kappa shape index (κ1) is 13.1. The Morgan fingerprint density at radius 1 is 1.40 bits per heavy atom. The lowest BCUT2D eigenvalue weighted by Gasteiger charge is -2.28. The van der Waals surface area contributed by atoms with Crippen LogP contribution in [0.1, 0.15) is 36.4 Å². The summed E-state index contributed by atoms with van der Waals surface area (Å²) >= 11 is 0. The first-order valence-corrected chi connectivity index (χ1v) is 6.79. The monoisotopic (exact) mass is 277 g/mol. The van der Waals surface area contributed by atoms with Crippen LogP contribution in [0, 0.1) is 18.7 Å². The third-order valence-corrected chi connectivity index (χ3v) is 4.18. The first-order chi connectivity index (χ1) is 9.49. The van der Waals surface area contributed by atoms with Gasteiger partial charge in [-0.15, -0.1) is 0 Å². The van der Waals surface area contributed by atoms with Crippen LogP contribution in [0.15, 0.2) is 18.2 Å². The molecule has 106 valence electrons. The van der Waals surface area contributed by atoms with Crippen molar-refractivity contribution in [3.8, 4) is 0 Å². The number of hydrogen-bond donors (Lipinski definition) is 1. The number of hydrogen-bond acceptors (Lipinski definition) is 2. The molecule has 1 aliphatic heterocycles. The zero-order valence-corrected chi connectivity index (χ0v) is 11.2. The SMILES string of the molecule is Cc1ccc(F)cc1C1C(C(=O)O)CC(=O)N1C1CC1. The maximum atomic E-state index is 13.5. The van der Waals surface area contributed by atoms with Gasteiger partial charge in [-0.05, 0) is 43.0 Å². The summed E-state index contributed by atoms with van der Waals surface area (Å²) in [6, 6.07) is 3.94. The summed E-state index contributed by atoms with van der Waals surface area (Å²) in [5.41, 5.74) is 1.44. The fraction of sp³-hybridized carbons (Fsp3) is 0.467. The van der Waals surface area contributed by atoms with E-state index in [4.69, 9.17) is 0 Å². The van der Waals surface area contributed by atoms with Crippen LogP contribution < -0.4 is 0 Å². The van der Waals surface area contributed by atoms with E-state index < -0.39 is 23.7 Å². The van der Waals surface area contributed by atoms with Crippen molar-refractivity contribution >= 4 is 11.9 Å². The van der Waals surface area contributed by atoms with E-state index in [2.05, 4.69) is 0 Å². The van der Waals surface area contributed by atoms with E-state index in [-0.39, 0.29) is 18.4 Å². The van der Waals surface area contributed by atoms with Gasteiger partial charge in [-0.2, -0.15) is 0 Å². The highest BCUT2D eigenvalue weighted by atomic mass is 19.1. The quantitative estimate of drug-likeness (QED) is 0.922. The number of nitrogens with zero attached hydrogens (tertiary/aromatic N) is 1. The molecule has 5 heteroatoms. The number of likely N-dealkylation sites (tertiary alicyclic amines) is 1. The lowest BCUT2D eigenvalue weighted by molar-refractivity contribution is -0.142. The van der Waals surface area contributed by atoms with Gasteiger partial charge in [0.2, 0.25) is 5.91 Å². The Morgan fingerprint density at radius 3 is 2.70 bits per heavy atom. The largest absolute Gasteiger partial charge is 0.481 e. The van der Waals surface area contributed by atoms with Crippen molar-refractivity contribution < 1.29 is 19.1 Å². The van der Waals surface area contributed by atoms with E-state index >= 15 is 0 Å². The van der Waals surface area contributed by atoms with Crippen LogP contribution >= 0.6 is 0 Å². The molecule has 0 bridgehead atoms. The predicted octanol–water partition coefficient (Wildman–Crippen LogP) is 2.27. The zero-order chi connectivity index (χ0) is 14.4. The van der Waals surface area contributed by atoms with Crippen LogP contribution in [-0.4, -0.2) is 27.9 Å². The van der Waals surface area contributed by atoms with Gasteiger partial charge in [0.25, 0.3) is 0 Å². The van der Waals surface area contributed by atoms with Gasteiger partial charge >= 0.3 is 5.97 Å². The van der Waals surface area contributed by atoms with Gasteiger partial charge in [0, 0.05) is 12.5 Å². The number of amides is 1. The smallest absolute Gasteiger partial charge is 0.309 e. The summed E-state index contributed by atoms with van der Waals surface area (Å²) in [6.45, 7) is 1.82. The summed E-state index contributed by atoms with van der Waals surface area (Å²) in [5, 5.41) is 9.37. The Bertz CT molecular complexity index is 582. The van der Waals surface area contributed by atoms with Crippen LogP contribution in [0.3, 0.4) is 0 Å². The molecule has 1 heterocycles. The third-order valence-electron chi connectivity index (χ3n) is 4.18. The summed E-state index contributed by atoms with van der Waals surface area (Å²) in [6.07, 6.45) is 1.82. The van der Waals surface area contributed by atoms with Gasteiger partial charge in [-0.1, -0.05) is 6.07 Å². The maximum Gasteiger partial charge on any atom is 0.309 e. The topological polar surface area (TPSA) is 57.6 Å². The number of aryl methyl sites for hydroxylation is 1. The summed E-state index contributed by atoms with van der Waals surface area (Å²) in [4.78, 5) is 25.2. The average Bonchev–Trinajstić information content (AvgIpc) is 3.15. The maximum absolute atomic E-state index is 13.5. The van der Waals surface area contributed by atoms with E-state index in [1.807, 2.05) is 6.92 Å². The van der Waals surface area contributed by atoms with Gasteiger partial charge in [-0.25, -0.2) is 4.39 Å². The number of rotatable bonds is 3. The molecule has 1 aromatic carbocycles. The lowest BCUT2D eigenvalue weighted by atomic mass is 9.90. The molecule has 1 N–H and O–H groups in total. The molecule has 2 fully saturated rings. The van der Waals surface area contributed by atoms with Gasteiger partial charge in [0.05, 0.1) is 12.0 Å². The average molecular weight is 277 g/mol. The second kappa shape index (κ2) is 4.58. The molecule has 1 aliphatic carbocycles. The minimum absolute atomic E-state index is 0.00640. The van der Waals surface area contributed by atoms with Gasteiger partial charge in [0.1, 0.15) is 5.82 Å². The molecule has 2 unspecified atom stereocenters. The van der Waals surface area contributed by atoms with Crippen LogP contribution in [0.4, 0.5) is 4.39 Å². The fourth-order valence-electron chi connectivity index (χ4n) is 3.06. The summed E-state index contributed by atoms with van der Waals surface area (Å²) in [7, 11) is 0. The van der Waals surface area contributed by atoms with Gasteiger partial charge in [0.15, 0.2) is 0 Å². The summed E-state index contributed by atoms with van der Waals surface area (Å²) in [5.74, 6) is -2.31. The number of carbonyl (C=O) groups excluding carboxylic acids is 1. The normalized spacial score (nSPS) is 26.1. The molecule has 4 nitrogen and oxygen atoms in total. The molecule has 1 amide bonds. The number of halogens is 1. The fourth-order valence-corrected chi connectivity index (χ4v) is 3.06.